The van der Waals surface area contributed by atoms with Gasteiger partial charge in [0, 0.05) is 29.2 Å². The minimum absolute atomic E-state index is 0.108. The van der Waals surface area contributed by atoms with Gasteiger partial charge >= 0.3 is 0 Å². The van der Waals surface area contributed by atoms with Crippen LogP contribution in [0.1, 0.15) is 78.5 Å². The summed E-state index contributed by atoms with van der Waals surface area (Å²) >= 11 is 6.18. The van der Waals surface area contributed by atoms with Crippen molar-refractivity contribution < 1.29 is 9.59 Å². The van der Waals surface area contributed by atoms with Gasteiger partial charge < -0.3 is 10.2 Å². The van der Waals surface area contributed by atoms with Crippen molar-refractivity contribution in [2.45, 2.75) is 64.0 Å². The van der Waals surface area contributed by atoms with E-state index in [-0.39, 0.29) is 23.9 Å². The molecule has 2 aromatic rings. The minimum atomic E-state index is -0.356. The van der Waals surface area contributed by atoms with Gasteiger partial charge in [0.2, 0.25) is 0 Å². The zero-order valence-corrected chi connectivity index (χ0v) is 17.4. The van der Waals surface area contributed by atoms with Crippen LogP contribution in [0, 0.1) is 0 Å². The molecule has 4 rings (SSSR count). The summed E-state index contributed by atoms with van der Waals surface area (Å²) in [5, 5.41) is 3.31. The topological polar surface area (TPSA) is 75.2 Å². The standard InChI is InChI=1S/C22H25ClN4O2/c1-13-4-3-5-14(2)27(13)22(29)17-12-16(23)8-9-18(17)26-21(28)19-10-11-24-20(25-19)15-6-7-15/h8-15H,3-7H2,1-2H3,(H,26,28). The Labute approximate surface area is 175 Å². The number of piperidine rings is 1. The number of nitrogens with one attached hydrogen (secondary N) is 1. The van der Waals surface area contributed by atoms with E-state index in [2.05, 4.69) is 29.1 Å². The molecule has 2 aliphatic rings. The molecule has 7 heteroatoms. The number of nitrogens with zero attached hydrogens (tertiary/aromatic N) is 3. The number of anilines is 1. The molecular weight excluding hydrogens is 388 g/mol. The zero-order valence-electron chi connectivity index (χ0n) is 16.7. The van der Waals surface area contributed by atoms with Gasteiger partial charge in [-0.3, -0.25) is 9.59 Å². The van der Waals surface area contributed by atoms with Crippen LogP contribution in [-0.2, 0) is 0 Å². The average Bonchev–Trinajstić information content (AvgIpc) is 3.54. The smallest absolute Gasteiger partial charge is 0.274 e. The largest absolute Gasteiger partial charge is 0.333 e. The maximum absolute atomic E-state index is 13.4. The molecule has 0 spiro atoms. The maximum Gasteiger partial charge on any atom is 0.274 e. The number of carbonyl (C=O) groups excluding carboxylic acids is 2. The molecule has 1 aliphatic carbocycles. The van der Waals surface area contributed by atoms with Gasteiger partial charge in [-0.1, -0.05) is 11.6 Å². The molecule has 2 heterocycles. The molecule has 0 radical (unpaired) electrons. The molecule has 2 atom stereocenters. The van der Waals surface area contributed by atoms with Crippen LogP contribution >= 0.6 is 11.6 Å². The molecule has 1 saturated carbocycles. The fraction of sp³-hybridized carbons (Fsp3) is 0.455. The predicted octanol–water partition coefficient (Wildman–Crippen LogP) is 4.66. The Morgan fingerprint density at radius 1 is 1.10 bits per heavy atom. The van der Waals surface area contributed by atoms with E-state index < -0.39 is 0 Å². The molecule has 1 aliphatic heterocycles. The third-order valence-corrected chi connectivity index (χ3v) is 5.97. The Hall–Kier alpha value is -2.47. The van der Waals surface area contributed by atoms with Crippen LogP contribution in [0.4, 0.5) is 5.69 Å². The first-order chi connectivity index (χ1) is 13.9. The molecule has 6 nitrogen and oxygen atoms in total. The first-order valence-corrected chi connectivity index (χ1v) is 10.6. The van der Waals surface area contributed by atoms with Crippen molar-refractivity contribution in [2.75, 3.05) is 5.32 Å². The van der Waals surface area contributed by atoms with Crippen LogP contribution in [0.25, 0.3) is 0 Å². The summed E-state index contributed by atoms with van der Waals surface area (Å²) < 4.78 is 0. The zero-order chi connectivity index (χ0) is 20.5. The Morgan fingerprint density at radius 3 is 2.52 bits per heavy atom. The Bertz CT molecular complexity index is 934. The minimum Gasteiger partial charge on any atom is -0.333 e. The second-order valence-electron chi connectivity index (χ2n) is 8.06. The highest BCUT2D eigenvalue weighted by atomic mass is 35.5. The van der Waals surface area contributed by atoms with Crippen LogP contribution < -0.4 is 5.32 Å². The monoisotopic (exact) mass is 412 g/mol. The first kappa shape index (κ1) is 19.8. The lowest BCUT2D eigenvalue weighted by Crippen LogP contribution is -2.47. The number of hydrogen-bond donors (Lipinski definition) is 1. The number of likely N-dealkylation sites (tertiary alicyclic amines) is 1. The maximum atomic E-state index is 13.4. The van der Waals surface area contributed by atoms with Gasteiger partial charge in [-0.25, -0.2) is 9.97 Å². The van der Waals surface area contributed by atoms with Crippen molar-refractivity contribution in [2.24, 2.45) is 0 Å². The first-order valence-electron chi connectivity index (χ1n) is 10.2. The third-order valence-electron chi connectivity index (χ3n) is 5.74. The lowest BCUT2D eigenvalue weighted by molar-refractivity contribution is 0.0512. The Kier molecular flexibility index (Phi) is 5.54. The number of halogens is 1. The fourth-order valence-electron chi connectivity index (χ4n) is 3.99. The summed E-state index contributed by atoms with van der Waals surface area (Å²) in [4.78, 5) is 36.7. The van der Waals surface area contributed by atoms with E-state index in [9.17, 15) is 9.59 Å². The van der Waals surface area contributed by atoms with Crippen LogP contribution in [0.3, 0.4) is 0 Å². The SMILES string of the molecule is CC1CCCC(C)N1C(=O)c1cc(Cl)ccc1NC(=O)c1ccnc(C2CC2)n1. The van der Waals surface area contributed by atoms with Crippen LogP contribution in [-0.4, -0.2) is 38.8 Å². The second-order valence-corrected chi connectivity index (χ2v) is 8.50. The third kappa shape index (κ3) is 4.27. The highest BCUT2D eigenvalue weighted by Gasteiger charge is 2.31. The van der Waals surface area contributed by atoms with Gasteiger partial charge in [-0.15, -0.1) is 0 Å². The van der Waals surface area contributed by atoms with E-state index >= 15 is 0 Å². The Morgan fingerprint density at radius 2 is 1.83 bits per heavy atom. The van der Waals surface area contributed by atoms with Crippen LogP contribution in [0.15, 0.2) is 30.5 Å². The quantitative estimate of drug-likeness (QED) is 0.792. The molecular formula is C22H25ClN4O2. The van der Waals surface area contributed by atoms with Crippen molar-refractivity contribution in [1.29, 1.82) is 0 Å². The van der Waals surface area contributed by atoms with E-state index in [4.69, 9.17) is 11.6 Å². The normalized spacial score (nSPS) is 21.7. The molecule has 152 valence electrons. The summed E-state index contributed by atoms with van der Waals surface area (Å²) in [6, 6.07) is 6.87. The molecule has 0 bridgehead atoms. The van der Waals surface area contributed by atoms with E-state index in [1.807, 2.05) is 4.90 Å². The summed E-state index contributed by atoms with van der Waals surface area (Å²) in [6.07, 6.45) is 6.80. The van der Waals surface area contributed by atoms with Gasteiger partial charge in [0.1, 0.15) is 11.5 Å². The van der Waals surface area contributed by atoms with Crippen molar-refractivity contribution in [1.82, 2.24) is 14.9 Å². The lowest BCUT2D eigenvalue weighted by Gasteiger charge is -2.39. The fourth-order valence-corrected chi connectivity index (χ4v) is 4.16. The van der Waals surface area contributed by atoms with Crippen LogP contribution in [0.2, 0.25) is 5.02 Å². The highest BCUT2D eigenvalue weighted by molar-refractivity contribution is 6.31. The molecule has 2 amide bonds. The van der Waals surface area contributed by atoms with Gasteiger partial charge in [0.05, 0.1) is 11.3 Å². The molecule has 1 saturated heterocycles. The van der Waals surface area contributed by atoms with Gasteiger partial charge in [-0.2, -0.15) is 0 Å². The molecule has 1 aromatic carbocycles. The summed E-state index contributed by atoms with van der Waals surface area (Å²) in [7, 11) is 0. The van der Waals surface area contributed by atoms with E-state index in [0.29, 0.717) is 33.7 Å². The number of benzene rings is 1. The van der Waals surface area contributed by atoms with Gasteiger partial charge in [0.25, 0.3) is 11.8 Å². The number of rotatable bonds is 4. The summed E-state index contributed by atoms with van der Waals surface area (Å²) in [5.74, 6) is 0.604. The van der Waals surface area contributed by atoms with Crippen molar-refractivity contribution >= 4 is 29.1 Å². The average molecular weight is 413 g/mol. The summed E-state index contributed by atoms with van der Waals surface area (Å²) in [6.45, 7) is 4.13. The summed E-state index contributed by atoms with van der Waals surface area (Å²) in [5.41, 5.74) is 1.15. The number of carbonyl (C=O) groups is 2. The molecule has 1 aromatic heterocycles. The number of aromatic nitrogens is 2. The number of hydrogen-bond acceptors (Lipinski definition) is 4. The number of amides is 2. The Balaban J connectivity index is 1.60. The van der Waals surface area contributed by atoms with Crippen LogP contribution in [0.5, 0.6) is 0 Å². The van der Waals surface area contributed by atoms with E-state index in [1.54, 1.807) is 30.5 Å². The molecule has 2 fully saturated rings. The molecule has 2 unspecified atom stereocenters. The van der Waals surface area contributed by atoms with Crippen molar-refractivity contribution in [3.63, 3.8) is 0 Å². The van der Waals surface area contributed by atoms with Gasteiger partial charge in [-0.05, 0) is 70.2 Å². The second kappa shape index (κ2) is 8.11. The van der Waals surface area contributed by atoms with E-state index in [0.717, 1.165) is 32.1 Å². The van der Waals surface area contributed by atoms with Crippen molar-refractivity contribution in [3.8, 4) is 0 Å². The predicted molar refractivity (Wildman–Crippen MR) is 112 cm³/mol. The molecule has 1 N–H and O–H groups in total. The van der Waals surface area contributed by atoms with Crippen molar-refractivity contribution in [3.05, 3.63) is 52.6 Å². The van der Waals surface area contributed by atoms with Gasteiger partial charge in [0.15, 0.2) is 0 Å². The lowest BCUT2D eigenvalue weighted by atomic mass is 9.96. The highest BCUT2D eigenvalue weighted by Crippen LogP contribution is 2.37. The molecule has 29 heavy (non-hydrogen) atoms. The van der Waals surface area contributed by atoms with E-state index in [1.165, 1.54) is 0 Å².